The van der Waals surface area contributed by atoms with Crippen molar-refractivity contribution >= 4 is 10.0 Å². The zero-order valence-electron chi connectivity index (χ0n) is 9.38. The summed E-state index contributed by atoms with van der Waals surface area (Å²) in [6.45, 7) is 3.19. The van der Waals surface area contributed by atoms with Gasteiger partial charge in [-0.2, -0.15) is 9.37 Å². The highest BCUT2D eigenvalue weighted by Gasteiger charge is 2.43. The molecule has 0 bridgehead atoms. The Kier molecular flexibility index (Phi) is 2.79. The Morgan fingerprint density at radius 2 is 2.07 bits per heavy atom. The quantitative estimate of drug-likeness (QED) is 0.636. The molecule has 88 valence electrons. The van der Waals surface area contributed by atoms with Crippen molar-refractivity contribution < 1.29 is 13.3 Å². The molecule has 2 aliphatic heterocycles. The molecule has 0 aromatic carbocycles. The average Bonchev–Trinajstić information content (AvgIpc) is 2.45. The molecule has 2 aliphatic rings. The van der Waals surface area contributed by atoms with E-state index in [2.05, 4.69) is 0 Å². The zero-order valence-corrected chi connectivity index (χ0v) is 10.2. The van der Waals surface area contributed by atoms with E-state index in [0.29, 0.717) is 25.1 Å². The zero-order chi connectivity index (χ0) is 11.2. The SMILES string of the molecule is C[C@@H]1C[C@H]2[C@H](CON2C)CN1S(C)(=O)=O. The van der Waals surface area contributed by atoms with Crippen LogP contribution in [0.1, 0.15) is 13.3 Å². The molecule has 0 radical (unpaired) electrons. The van der Waals surface area contributed by atoms with E-state index in [4.69, 9.17) is 4.84 Å². The van der Waals surface area contributed by atoms with Gasteiger partial charge in [0.1, 0.15) is 0 Å². The van der Waals surface area contributed by atoms with Crippen LogP contribution in [0.2, 0.25) is 0 Å². The smallest absolute Gasteiger partial charge is 0.211 e. The molecule has 0 aromatic heterocycles. The Hall–Kier alpha value is -0.170. The second-order valence-corrected chi connectivity index (χ2v) is 6.52. The lowest BCUT2D eigenvalue weighted by Crippen LogP contribution is -2.51. The first-order valence-electron chi connectivity index (χ1n) is 5.22. The third-order valence-electron chi connectivity index (χ3n) is 3.42. The number of hydroxylamine groups is 2. The van der Waals surface area contributed by atoms with Crippen molar-refractivity contribution in [3.63, 3.8) is 0 Å². The molecular weight excluding hydrogens is 216 g/mol. The lowest BCUT2D eigenvalue weighted by molar-refractivity contribution is -0.112. The predicted octanol–water partition coefficient (Wildman–Crippen LogP) is -0.0980. The molecular formula is C9H18N2O3S. The summed E-state index contributed by atoms with van der Waals surface area (Å²) >= 11 is 0. The van der Waals surface area contributed by atoms with Crippen LogP contribution < -0.4 is 0 Å². The number of nitrogens with zero attached hydrogens (tertiary/aromatic N) is 2. The Balaban J connectivity index is 2.15. The first-order valence-corrected chi connectivity index (χ1v) is 7.07. The molecule has 2 fully saturated rings. The Bertz CT molecular complexity index is 343. The molecule has 2 saturated heterocycles. The molecule has 0 aromatic rings. The van der Waals surface area contributed by atoms with Gasteiger partial charge in [0.25, 0.3) is 0 Å². The van der Waals surface area contributed by atoms with Gasteiger partial charge < -0.3 is 0 Å². The van der Waals surface area contributed by atoms with E-state index in [9.17, 15) is 8.42 Å². The van der Waals surface area contributed by atoms with Gasteiger partial charge in [0.2, 0.25) is 10.0 Å². The third-order valence-corrected chi connectivity index (χ3v) is 4.78. The highest BCUT2D eigenvalue weighted by molar-refractivity contribution is 7.88. The van der Waals surface area contributed by atoms with Gasteiger partial charge in [-0.1, -0.05) is 0 Å². The molecule has 0 unspecified atom stereocenters. The number of hydrogen-bond donors (Lipinski definition) is 0. The van der Waals surface area contributed by atoms with Gasteiger partial charge in [-0.3, -0.25) is 4.84 Å². The first-order chi connectivity index (χ1) is 6.89. The lowest BCUT2D eigenvalue weighted by Gasteiger charge is -2.38. The van der Waals surface area contributed by atoms with Gasteiger partial charge in [-0.05, 0) is 13.3 Å². The number of hydrogen-bond acceptors (Lipinski definition) is 4. The van der Waals surface area contributed by atoms with Gasteiger partial charge in [-0.15, -0.1) is 0 Å². The summed E-state index contributed by atoms with van der Waals surface area (Å²) in [6.07, 6.45) is 2.14. The molecule has 5 nitrogen and oxygen atoms in total. The second-order valence-electron chi connectivity index (χ2n) is 4.59. The van der Waals surface area contributed by atoms with E-state index >= 15 is 0 Å². The van der Waals surface area contributed by atoms with E-state index in [1.54, 1.807) is 4.31 Å². The number of fused-ring (bicyclic) bond motifs is 1. The van der Waals surface area contributed by atoms with Crippen LogP contribution in [0.4, 0.5) is 0 Å². The average molecular weight is 234 g/mol. The second kappa shape index (κ2) is 3.69. The predicted molar refractivity (Wildman–Crippen MR) is 56.6 cm³/mol. The van der Waals surface area contributed by atoms with Gasteiger partial charge in [0, 0.05) is 31.6 Å². The number of sulfonamides is 1. The molecule has 15 heavy (non-hydrogen) atoms. The fraction of sp³-hybridized carbons (Fsp3) is 1.00. The fourth-order valence-corrected chi connectivity index (χ4v) is 3.77. The van der Waals surface area contributed by atoms with Gasteiger partial charge in [-0.25, -0.2) is 8.42 Å². The van der Waals surface area contributed by atoms with Crippen LogP contribution in [0.25, 0.3) is 0 Å². The van der Waals surface area contributed by atoms with Crippen molar-refractivity contribution in [1.29, 1.82) is 0 Å². The summed E-state index contributed by atoms with van der Waals surface area (Å²) in [7, 11) is -1.15. The van der Waals surface area contributed by atoms with Crippen LogP contribution in [0.5, 0.6) is 0 Å². The Morgan fingerprint density at radius 3 is 2.67 bits per heavy atom. The fourth-order valence-electron chi connectivity index (χ4n) is 2.57. The van der Waals surface area contributed by atoms with Crippen LogP contribution in [-0.2, 0) is 14.9 Å². The van der Waals surface area contributed by atoms with Crippen molar-refractivity contribution in [3.05, 3.63) is 0 Å². The summed E-state index contributed by atoms with van der Waals surface area (Å²) in [5.74, 6) is 0.320. The molecule has 3 atom stereocenters. The Labute approximate surface area is 91.0 Å². The minimum atomic E-state index is -3.07. The van der Waals surface area contributed by atoms with E-state index in [1.165, 1.54) is 6.26 Å². The van der Waals surface area contributed by atoms with Gasteiger partial charge >= 0.3 is 0 Å². The van der Waals surface area contributed by atoms with Crippen LogP contribution in [0.3, 0.4) is 0 Å². The normalized spacial score (nSPS) is 39.3. The number of piperidine rings is 1. The summed E-state index contributed by atoms with van der Waals surface area (Å²) in [5, 5.41) is 1.88. The minimum Gasteiger partial charge on any atom is -0.299 e. The lowest BCUT2D eigenvalue weighted by atomic mass is 9.91. The van der Waals surface area contributed by atoms with Crippen molar-refractivity contribution in [1.82, 2.24) is 9.37 Å². The van der Waals surface area contributed by atoms with Crippen molar-refractivity contribution in [2.24, 2.45) is 5.92 Å². The summed E-state index contributed by atoms with van der Waals surface area (Å²) in [5.41, 5.74) is 0. The largest absolute Gasteiger partial charge is 0.299 e. The van der Waals surface area contributed by atoms with Crippen molar-refractivity contribution in [3.8, 4) is 0 Å². The maximum absolute atomic E-state index is 11.5. The maximum atomic E-state index is 11.5. The van der Waals surface area contributed by atoms with Crippen LogP contribution in [0.15, 0.2) is 0 Å². The van der Waals surface area contributed by atoms with E-state index in [-0.39, 0.29) is 6.04 Å². The minimum absolute atomic E-state index is 0.0744. The first kappa shape index (κ1) is 11.3. The Morgan fingerprint density at radius 1 is 1.40 bits per heavy atom. The van der Waals surface area contributed by atoms with Crippen molar-refractivity contribution in [2.45, 2.75) is 25.4 Å². The molecule has 0 amide bonds. The monoisotopic (exact) mass is 234 g/mol. The van der Waals surface area contributed by atoms with E-state index < -0.39 is 10.0 Å². The molecule has 0 spiro atoms. The molecule has 2 heterocycles. The van der Waals surface area contributed by atoms with Crippen LogP contribution >= 0.6 is 0 Å². The summed E-state index contributed by atoms with van der Waals surface area (Å²) in [4.78, 5) is 5.42. The van der Waals surface area contributed by atoms with Gasteiger partial charge in [0.05, 0.1) is 12.9 Å². The van der Waals surface area contributed by atoms with E-state index in [1.807, 2.05) is 19.0 Å². The highest BCUT2D eigenvalue weighted by atomic mass is 32.2. The van der Waals surface area contributed by atoms with Crippen molar-refractivity contribution in [2.75, 3.05) is 26.5 Å². The molecule has 0 aliphatic carbocycles. The molecule has 0 saturated carbocycles. The van der Waals surface area contributed by atoms with Crippen LogP contribution in [-0.4, -0.2) is 56.3 Å². The van der Waals surface area contributed by atoms with E-state index in [0.717, 1.165) is 6.42 Å². The van der Waals surface area contributed by atoms with Gasteiger partial charge in [0.15, 0.2) is 0 Å². The number of rotatable bonds is 1. The molecule has 0 N–H and O–H groups in total. The third kappa shape index (κ3) is 2.04. The molecule has 2 rings (SSSR count). The topological polar surface area (TPSA) is 49.9 Å². The molecule has 6 heteroatoms. The summed E-state index contributed by atoms with van der Waals surface area (Å²) < 4.78 is 24.7. The maximum Gasteiger partial charge on any atom is 0.211 e. The highest BCUT2D eigenvalue weighted by Crippen LogP contribution is 2.31. The van der Waals surface area contributed by atoms with Crippen LogP contribution in [0, 0.1) is 5.92 Å². The standard InChI is InChI=1S/C9H18N2O3S/c1-7-4-9-8(6-14-10(9)2)5-11(7)15(3,12)13/h7-9H,4-6H2,1-3H3/t7-,8+,9+/m1/s1. The summed E-state index contributed by atoms with van der Waals surface area (Å²) in [6, 6.07) is 0.448.